The van der Waals surface area contributed by atoms with Crippen molar-refractivity contribution in [1.82, 2.24) is 9.62 Å². The maximum Gasteiger partial charge on any atom is 0.209 e. The molecule has 2 atom stereocenters. The summed E-state index contributed by atoms with van der Waals surface area (Å²) in [7, 11) is -3.23. The molecule has 3 rings (SSSR count). The number of rotatable bonds is 7. The first kappa shape index (κ1) is 24.4. The second-order valence-electron chi connectivity index (χ2n) is 7.87. The fourth-order valence-electron chi connectivity index (χ4n) is 4.47. The van der Waals surface area contributed by atoms with E-state index < -0.39 is 10.0 Å². The number of nitrogens with zero attached hydrogens (tertiary/aromatic N) is 1. The maximum atomic E-state index is 11.7. The first-order chi connectivity index (χ1) is 13.0. The van der Waals surface area contributed by atoms with E-state index in [1.807, 2.05) is 12.1 Å². The number of piperidine rings is 1. The van der Waals surface area contributed by atoms with Gasteiger partial charge >= 0.3 is 0 Å². The quantitative estimate of drug-likeness (QED) is 0.609. The van der Waals surface area contributed by atoms with Crippen LogP contribution in [0.3, 0.4) is 0 Å². The van der Waals surface area contributed by atoms with Crippen LogP contribution in [-0.4, -0.2) is 57.5 Å². The van der Waals surface area contributed by atoms with Gasteiger partial charge in [0.05, 0.1) is 19.0 Å². The molecule has 0 spiro atoms. The van der Waals surface area contributed by atoms with Gasteiger partial charge in [-0.2, -0.15) is 35.9 Å². The third-order valence-electron chi connectivity index (χ3n) is 5.90. The molecule has 1 N–H and O–H groups in total. The SMILES string of the molecule is [CH2-]CN1CCC[C@H](NS(C)(=O)=O)C1COC1CCC(c2[c-]cccc2)CC1.[Y]. The molecule has 1 aliphatic heterocycles. The van der Waals surface area contributed by atoms with Gasteiger partial charge in [-0.1, -0.05) is 0 Å². The van der Waals surface area contributed by atoms with Gasteiger partial charge in [0.25, 0.3) is 0 Å². The van der Waals surface area contributed by atoms with Gasteiger partial charge in [-0.05, 0) is 51.0 Å². The summed E-state index contributed by atoms with van der Waals surface area (Å²) in [6.07, 6.45) is 7.68. The van der Waals surface area contributed by atoms with Crippen molar-refractivity contribution in [2.45, 2.75) is 62.6 Å². The molecule has 1 aromatic rings. The molecule has 1 unspecified atom stereocenters. The van der Waals surface area contributed by atoms with Crippen molar-refractivity contribution in [2.75, 3.05) is 26.0 Å². The molecular weight excluding hydrogens is 449 g/mol. The smallest absolute Gasteiger partial charge is 0.209 e. The fourth-order valence-corrected chi connectivity index (χ4v) is 5.30. The largest absolute Gasteiger partial charge is 0.377 e. The summed E-state index contributed by atoms with van der Waals surface area (Å²) in [5, 5.41) is 0. The monoisotopic (exact) mass is 481 g/mol. The van der Waals surface area contributed by atoms with E-state index in [0.717, 1.165) is 45.1 Å². The number of sulfonamides is 1. The Morgan fingerprint density at radius 3 is 2.61 bits per heavy atom. The second-order valence-corrected chi connectivity index (χ2v) is 9.65. The van der Waals surface area contributed by atoms with E-state index in [4.69, 9.17) is 4.74 Å². The molecule has 2 fully saturated rings. The van der Waals surface area contributed by atoms with Gasteiger partial charge in [0.2, 0.25) is 10.0 Å². The predicted octanol–water partition coefficient (Wildman–Crippen LogP) is 2.74. The zero-order valence-corrected chi connectivity index (χ0v) is 20.5. The second kappa shape index (κ2) is 11.5. The van der Waals surface area contributed by atoms with Crippen molar-refractivity contribution in [3.63, 3.8) is 0 Å². The number of likely N-dealkylation sites (tertiary alicyclic amines) is 1. The van der Waals surface area contributed by atoms with Crippen LogP contribution in [0.15, 0.2) is 24.3 Å². The molecule has 1 radical (unpaired) electrons. The Hall–Kier alpha value is 0.154. The summed E-state index contributed by atoms with van der Waals surface area (Å²) in [5.74, 6) is 0.580. The van der Waals surface area contributed by atoms with Crippen molar-refractivity contribution in [2.24, 2.45) is 0 Å². The van der Waals surface area contributed by atoms with Crippen LogP contribution in [0.4, 0.5) is 0 Å². The van der Waals surface area contributed by atoms with Crippen molar-refractivity contribution < 1.29 is 45.9 Å². The minimum absolute atomic E-state index is 0. The Morgan fingerprint density at radius 2 is 2.00 bits per heavy atom. The van der Waals surface area contributed by atoms with E-state index in [0.29, 0.717) is 19.1 Å². The number of nitrogens with one attached hydrogen (secondary N) is 1. The van der Waals surface area contributed by atoms with Crippen molar-refractivity contribution in [3.8, 4) is 0 Å². The standard InChI is InChI=1S/C21H32N2O3S.Y/c1-3-23-15-7-10-20(22-27(2,24)25)21(23)16-26-19-13-11-18(12-14-19)17-8-5-4-6-9-17;/h4-6,8,18-22H,1,3,7,10-16H2,2H3;/q-2;/t18?,19?,20-,21?;/m0./s1. The number of hydrogen-bond acceptors (Lipinski definition) is 4. The van der Waals surface area contributed by atoms with Crippen molar-refractivity contribution >= 4 is 10.0 Å². The van der Waals surface area contributed by atoms with E-state index in [9.17, 15) is 8.42 Å². The van der Waals surface area contributed by atoms with Crippen LogP contribution in [0, 0.1) is 13.0 Å². The first-order valence-electron chi connectivity index (χ1n) is 10.0. The summed E-state index contributed by atoms with van der Waals surface area (Å²) in [6.45, 7) is 6.21. The van der Waals surface area contributed by atoms with Gasteiger partial charge in [0.1, 0.15) is 0 Å². The summed E-state index contributed by atoms with van der Waals surface area (Å²) in [5.41, 5.74) is 1.31. The average molecular weight is 481 g/mol. The Kier molecular flexibility index (Phi) is 10.0. The van der Waals surface area contributed by atoms with E-state index in [2.05, 4.69) is 34.7 Å². The van der Waals surface area contributed by atoms with Crippen molar-refractivity contribution in [1.29, 1.82) is 0 Å². The molecule has 2 aliphatic rings. The van der Waals surface area contributed by atoms with Crippen LogP contribution in [0.1, 0.15) is 50.0 Å². The van der Waals surface area contributed by atoms with E-state index in [-0.39, 0.29) is 50.9 Å². The summed E-state index contributed by atoms with van der Waals surface area (Å²) in [4.78, 5) is 2.25. The zero-order chi connectivity index (χ0) is 19.3. The molecule has 155 valence electrons. The van der Waals surface area contributed by atoms with Crippen LogP contribution in [0.2, 0.25) is 0 Å². The topological polar surface area (TPSA) is 58.6 Å². The van der Waals surface area contributed by atoms with Crippen molar-refractivity contribution in [3.05, 3.63) is 42.8 Å². The molecule has 1 saturated heterocycles. The number of benzene rings is 1. The molecule has 1 heterocycles. The van der Waals surface area contributed by atoms with E-state index in [1.54, 1.807) is 0 Å². The summed E-state index contributed by atoms with van der Waals surface area (Å²) in [6, 6.07) is 11.6. The Balaban J connectivity index is 0.00000280. The number of hydrogen-bond donors (Lipinski definition) is 1. The zero-order valence-electron chi connectivity index (χ0n) is 16.8. The third kappa shape index (κ3) is 7.14. The normalized spacial score (nSPS) is 29.2. The Morgan fingerprint density at radius 1 is 1.25 bits per heavy atom. The van der Waals surface area contributed by atoms with E-state index in [1.165, 1.54) is 11.8 Å². The molecule has 28 heavy (non-hydrogen) atoms. The molecule has 0 aromatic heterocycles. The van der Waals surface area contributed by atoms with E-state index >= 15 is 0 Å². The summed E-state index contributed by atoms with van der Waals surface area (Å²) < 4.78 is 32.5. The van der Waals surface area contributed by atoms with Gasteiger partial charge in [-0.25, -0.2) is 13.1 Å². The first-order valence-corrected chi connectivity index (χ1v) is 11.9. The molecule has 1 aromatic carbocycles. The molecule has 7 heteroatoms. The molecular formula is C21H32N2O3SY-2. The molecule has 0 amide bonds. The summed E-state index contributed by atoms with van der Waals surface area (Å²) >= 11 is 0. The predicted molar refractivity (Wildman–Crippen MR) is 108 cm³/mol. The average Bonchev–Trinajstić information content (AvgIpc) is 2.66. The van der Waals surface area contributed by atoms with Crippen LogP contribution in [-0.2, 0) is 47.5 Å². The van der Waals surface area contributed by atoms with Crippen LogP contribution >= 0.6 is 0 Å². The van der Waals surface area contributed by atoms with Gasteiger partial charge < -0.3 is 16.6 Å². The van der Waals surface area contributed by atoms with Gasteiger partial charge in [-0.3, -0.25) is 0 Å². The minimum atomic E-state index is -3.23. The number of ether oxygens (including phenoxy) is 1. The van der Waals surface area contributed by atoms with Gasteiger partial charge in [-0.15, -0.1) is 6.54 Å². The van der Waals surface area contributed by atoms with Gasteiger partial charge in [0.15, 0.2) is 0 Å². The Bertz CT molecular complexity index is 678. The van der Waals surface area contributed by atoms with Gasteiger partial charge in [0, 0.05) is 44.8 Å². The van der Waals surface area contributed by atoms with Crippen LogP contribution < -0.4 is 4.72 Å². The molecule has 1 saturated carbocycles. The minimum Gasteiger partial charge on any atom is -0.377 e. The fraction of sp³-hybridized carbons (Fsp3) is 0.667. The van der Waals surface area contributed by atoms with Crippen LogP contribution in [0.25, 0.3) is 0 Å². The molecule has 0 bridgehead atoms. The van der Waals surface area contributed by atoms with Crippen LogP contribution in [0.5, 0.6) is 0 Å². The molecule has 5 nitrogen and oxygen atoms in total. The Labute approximate surface area is 195 Å². The maximum absolute atomic E-state index is 11.7. The molecule has 1 aliphatic carbocycles. The third-order valence-corrected chi connectivity index (χ3v) is 6.63.